The third kappa shape index (κ3) is 4.30. The van der Waals surface area contributed by atoms with E-state index in [1.807, 2.05) is 24.3 Å². The molecule has 1 atom stereocenters. The topological polar surface area (TPSA) is 48.1 Å². The minimum Gasteiger partial charge on any atom is -0.439 e. The summed E-state index contributed by atoms with van der Waals surface area (Å²) in [7, 11) is 0. The highest BCUT2D eigenvalue weighted by Gasteiger charge is 2.10. The first kappa shape index (κ1) is 15.5. The van der Waals surface area contributed by atoms with Crippen LogP contribution in [-0.4, -0.2) is 11.0 Å². The Balaban J connectivity index is 2.21. The molecule has 0 aliphatic heterocycles. The van der Waals surface area contributed by atoms with Crippen molar-refractivity contribution in [3.8, 4) is 11.6 Å². The Kier molecular flexibility index (Phi) is 5.34. The Morgan fingerprint density at radius 2 is 2.00 bits per heavy atom. The van der Waals surface area contributed by atoms with Crippen LogP contribution in [0.5, 0.6) is 11.6 Å². The quantitative estimate of drug-likeness (QED) is 0.861. The third-order valence-corrected chi connectivity index (χ3v) is 3.60. The van der Waals surface area contributed by atoms with Gasteiger partial charge in [0.25, 0.3) is 0 Å². The number of nitrogens with zero attached hydrogens (tertiary/aromatic N) is 1. The molecule has 3 nitrogen and oxygen atoms in total. The number of rotatable bonds is 6. The fourth-order valence-electron chi connectivity index (χ4n) is 2.15. The lowest BCUT2D eigenvalue weighted by molar-refractivity contribution is 0.451. The minimum atomic E-state index is 0.138. The van der Waals surface area contributed by atoms with E-state index in [1.54, 1.807) is 6.20 Å². The van der Waals surface area contributed by atoms with Gasteiger partial charge in [-0.3, -0.25) is 0 Å². The van der Waals surface area contributed by atoms with Crippen molar-refractivity contribution >= 4 is 0 Å². The van der Waals surface area contributed by atoms with E-state index >= 15 is 0 Å². The van der Waals surface area contributed by atoms with E-state index < -0.39 is 0 Å². The molecule has 0 spiro atoms. The van der Waals surface area contributed by atoms with Gasteiger partial charge in [0.1, 0.15) is 5.75 Å². The van der Waals surface area contributed by atoms with E-state index in [1.165, 1.54) is 5.56 Å². The number of nitrogens with two attached hydrogens (primary N) is 1. The summed E-state index contributed by atoms with van der Waals surface area (Å²) < 4.78 is 5.98. The van der Waals surface area contributed by atoms with Crippen molar-refractivity contribution in [1.29, 1.82) is 0 Å². The first-order chi connectivity index (χ1) is 10.1. The predicted octanol–water partition coefficient (Wildman–Crippen LogP) is 4.28. The molecule has 21 heavy (non-hydrogen) atoms. The summed E-state index contributed by atoms with van der Waals surface area (Å²) in [6.07, 6.45) is 3.48. The first-order valence-electron chi connectivity index (χ1n) is 7.57. The number of aromatic nitrogens is 1. The van der Waals surface area contributed by atoms with Crippen molar-refractivity contribution in [2.75, 3.05) is 0 Å². The molecule has 0 radical (unpaired) electrons. The van der Waals surface area contributed by atoms with Crippen LogP contribution in [0.25, 0.3) is 0 Å². The van der Waals surface area contributed by atoms with Crippen molar-refractivity contribution in [2.24, 2.45) is 5.73 Å². The lowest BCUT2D eigenvalue weighted by Gasteiger charge is -2.14. The summed E-state index contributed by atoms with van der Waals surface area (Å²) in [5, 5.41) is 0. The van der Waals surface area contributed by atoms with Gasteiger partial charge in [-0.2, -0.15) is 0 Å². The molecule has 1 aromatic carbocycles. The average molecular weight is 284 g/mol. The van der Waals surface area contributed by atoms with Gasteiger partial charge in [-0.15, -0.1) is 0 Å². The lowest BCUT2D eigenvalue weighted by atomic mass is 10.0. The summed E-state index contributed by atoms with van der Waals surface area (Å²) in [5.74, 6) is 1.96. The largest absolute Gasteiger partial charge is 0.439 e. The maximum atomic E-state index is 6.05. The Labute approximate surface area is 127 Å². The van der Waals surface area contributed by atoms with E-state index in [0.717, 1.165) is 24.2 Å². The van der Waals surface area contributed by atoms with Crippen molar-refractivity contribution in [3.63, 3.8) is 0 Å². The normalized spacial score (nSPS) is 12.4. The van der Waals surface area contributed by atoms with Gasteiger partial charge in [0.05, 0.1) is 0 Å². The maximum Gasteiger partial charge on any atom is 0.222 e. The van der Waals surface area contributed by atoms with Crippen LogP contribution < -0.4 is 10.5 Å². The lowest BCUT2D eigenvalue weighted by Crippen LogP contribution is -2.21. The Morgan fingerprint density at radius 1 is 1.19 bits per heavy atom. The summed E-state index contributed by atoms with van der Waals surface area (Å²) in [6.45, 7) is 6.44. The highest BCUT2D eigenvalue weighted by molar-refractivity contribution is 5.35. The van der Waals surface area contributed by atoms with Crippen molar-refractivity contribution in [2.45, 2.75) is 45.6 Å². The molecule has 0 fully saturated rings. The van der Waals surface area contributed by atoms with Gasteiger partial charge >= 0.3 is 0 Å². The van der Waals surface area contributed by atoms with Gasteiger partial charge < -0.3 is 10.5 Å². The summed E-state index contributed by atoms with van der Waals surface area (Å²) in [5.41, 5.74) is 8.36. The molecule has 1 unspecified atom stereocenters. The number of hydrogen-bond acceptors (Lipinski definition) is 3. The zero-order valence-corrected chi connectivity index (χ0v) is 13.0. The van der Waals surface area contributed by atoms with Crippen LogP contribution in [0.3, 0.4) is 0 Å². The monoisotopic (exact) mass is 284 g/mol. The Morgan fingerprint density at radius 3 is 2.71 bits per heavy atom. The molecule has 112 valence electrons. The van der Waals surface area contributed by atoms with Gasteiger partial charge in [-0.1, -0.05) is 39.0 Å². The minimum absolute atomic E-state index is 0.138. The van der Waals surface area contributed by atoms with Gasteiger partial charge in [0.2, 0.25) is 5.88 Å². The molecule has 0 amide bonds. The van der Waals surface area contributed by atoms with Crippen molar-refractivity contribution < 1.29 is 4.74 Å². The number of pyridine rings is 1. The zero-order chi connectivity index (χ0) is 15.2. The van der Waals surface area contributed by atoms with Crippen LogP contribution in [0.1, 0.15) is 44.2 Å². The second-order valence-electron chi connectivity index (χ2n) is 5.67. The van der Waals surface area contributed by atoms with Crippen LogP contribution in [0.15, 0.2) is 42.6 Å². The molecular formula is C18H24N2O. The van der Waals surface area contributed by atoms with E-state index in [9.17, 15) is 0 Å². The second kappa shape index (κ2) is 7.23. The van der Waals surface area contributed by atoms with Crippen LogP contribution in [0.2, 0.25) is 0 Å². The third-order valence-electron chi connectivity index (χ3n) is 3.60. The SMILES string of the molecule is CCC(N)Cc1cccnc1Oc1cccc(C(C)C)c1. The summed E-state index contributed by atoms with van der Waals surface area (Å²) in [6, 6.07) is 12.3. The van der Waals surface area contributed by atoms with E-state index in [4.69, 9.17) is 10.5 Å². The standard InChI is InChI=1S/C18H24N2O/c1-4-16(19)11-15-8-6-10-20-18(15)21-17-9-5-7-14(12-17)13(2)3/h5-10,12-13,16H,4,11,19H2,1-3H3. The molecule has 1 heterocycles. The highest BCUT2D eigenvalue weighted by atomic mass is 16.5. The fourth-order valence-corrected chi connectivity index (χ4v) is 2.15. The van der Waals surface area contributed by atoms with Crippen molar-refractivity contribution in [1.82, 2.24) is 4.98 Å². The molecule has 1 aromatic heterocycles. The number of benzene rings is 1. The highest BCUT2D eigenvalue weighted by Crippen LogP contribution is 2.26. The molecule has 0 saturated carbocycles. The van der Waals surface area contributed by atoms with Crippen molar-refractivity contribution in [3.05, 3.63) is 53.7 Å². The molecular weight excluding hydrogens is 260 g/mol. The fraction of sp³-hybridized carbons (Fsp3) is 0.389. The van der Waals surface area contributed by atoms with E-state index in [-0.39, 0.29) is 6.04 Å². The van der Waals surface area contributed by atoms with Gasteiger partial charge in [0.15, 0.2) is 0 Å². The molecule has 2 rings (SSSR count). The van der Waals surface area contributed by atoms with Crippen LogP contribution in [-0.2, 0) is 6.42 Å². The predicted molar refractivity (Wildman–Crippen MR) is 86.8 cm³/mol. The smallest absolute Gasteiger partial charge is 0.222 e. The maximum absolute atomic E-state index is 6.05. The van der Waals surface area contributed by atoms with E-state index in [2.05, 4.69) is 37.9 Å². The van der Waals surface area contributed by atoms with Crippen LogP contribution in [0.4, 0.5) is 0 Å². The zero-order valence-electron chi connectivity index (χ0n) is 13.0. The van der Waals surface area contributed by atoms with Crippen LogP contribution in [0, 0.1) is 0 Å². The van der Waals surface area contributed by atoms with Gasteiger partial charge in [-0.05, 0) is 42.5 Å². The molecule has 0 aliphatic rings. The number of hydrogen-bond donors (Lipinski definition) is 1. The summed E-state index contributed by atoms with van der Waals surface area (Å²) in [4.78, 5) is 4.36. The first-order valence-corrected chi connectivity index (χ1v) is 7.57. The Bertz CT molecular complexity index is 581. The molecule has 0 aliphatic carbocycles. The van der Waals surface area contributed by atoms with Gasteiger partial charge in [0, 0.05) is 17.8 Å². The number of ether oxygens (including phenoxy) is 1. The molecule has 0 bridgehead atoms. The molecule has 2 N–H and O–H groups in total. The molecule has 0 saturated heterocycles. The second-order valence-corrected chi connectivity index (χ2v) is 5.67. The van der Waals surface area contributed by atoms with E-state index in [0.29, 0.717) is 11.8 Å². The molecule has 2 aromatic rings. The average Bonchev–Trinajstić information content (AvgIpc) is 2.49. The van der Waals surface area contributed by atoms with Gasteiger partial charge in [-0.25, -0.2) is 4.98 Å². The summed E-state index contributed by atoms with van der Waals surface area (Å²) >= 11 is 0. The molecule has 3 heteroatoms. The van der Waals surface area contributed by atoms with Crippen LogP contribution >= 0.6 is 0 Å². The Hall–Kier alpha value is -1.87.